The van der Waals surface area contributed by atoms with Crippen LogP contribution in [0.3, 0.4) is 0 Å². The first-order chi connectivity index (χ1) is 6.25. The van der Waals surface area contributed by atoms with Gasteiger partial charge >= 0.3 is 0 Å². The van der Waals surface area contributed by atoms with Gasteiger partial charge in [-0.3, -0.25) is 4.79 Å². The van der Waals surface area contributed by atoms with Crippen LogP contribution in [-0.4, -0.2) is 16.6 Å². The highest BCUT2D eigenvalue weighted by molar-refractivity contribution is 5.03. The summed E-state index contributed by atoms with van der Waals surface area (Å²) in [6.07, 6.45) is 1.99. The number of hydrogen-bond acceptors (Lipinski definition) is 3. The average Bonchev–Trinajstić information content (AvgIpc) is 2.53. The van der Waals surface area contributed by atoms with Crippen LogP contribution in [0.25, 0.3) is 0 Å². The molecule has 1 aliphatic heterocycles. The first-order valence-corrected chi connectivity index (χ1v) is 4.45. The van der Waals surface area contributed by atoms with Crippen molar-refractivity contribution in [3.8, 4) is 0 Å². The van der Waals surface area contributed by atoms with Gasteiger partial charge < -0.3 is 9.72 Å². The van der Waals surface area contributed by atoms with Crippen molar-refractivity contribution in [2.75, 3.05) is 6.61 Å². The molecular formula is C9H12N2O2. The average molecular weight is 180 g/mol. The number of aromatic nitrogens is 2. The van der Waals surface area contributed by atoms with Gasteiger partial charge in [0, 0.05) is 18.4 Å². The fraction of sp³-hybridized carbons (Fsp3) is 0.556. The van der Waals surface area contributed by atoms with Crippen LogP contribution in [0.5, 0.6) is 0 Å². The molecule has 1 aliphatic rings. The molecule has 2 rings (SSSR count). The van der Waals surface area contributed by atoms with Gasteiger partial charge in [-0.2, -0.15) is 0 Å². The van der Waals surface area contributed by atoms with E-state index >= 15 is 0 Å². The smallest absolute Gasteiger partial charge is 0.251 e. The number of H-pyrrole nitrogens is 1. The molecular weight excluding hydrogens is 168 g/mol. The zero-order chi connectivity index (χ0) is 9.26. The molecule has 1 unspecified atom stereocenters. The zero-order valence-corrected chi connectivity index (χ0v) is 7.54. The van der Waals surface area contributed by atoms with Crippen molar-refractivity contribution >= 4 is 0 Å². The number of hydrogen-bond donors (Lipinski definition) is 1. The maximum atomic E-state index is 11.1. The highest BCUT2D eigenvalue weighted by atomic mass is 16.5. The molecule has 1 fully saturated rings. The van der Waals surface area contributed by atoms with Crippen LogP contribution in [0.2, 0.25) is 0 Å². The molecule has 13 heavy (non-hydrogen) atoms. The Bertz CT molecular complexity index is 353. The Balaban J connectivity index is 2.33. The summed E-state index contributed by atoms with van der Waals surface area (Å²) >= 11 is 0. The fourth-order valence-electron chi connectivity index (χ4n) is 1.55. The lowest BCUT2D eigenvalue weighted by Crippen LogP contribution is -2.14. The number of nitrogens with zero attached hydrogens (tertiary/aromatic N) is 1. The van der Waals surface area contributed by atoms with Gasteiger partial charge in [0.05, 0.1) is 0 Å². The minimum Gasteiger partial charge on any atom is -0.370 e. The zero-order valence-electron chi connectivity index (χ0n) is 7.54. The van der Waals surface area contributed by atoms with Crippen molar-refractivity contribution < 1.29 is 4.74 Å². The molecule has 0 amide bonds. The molecule has 2 heterocycles. The molecule has 0 spiro atoms. The van der Waals surface area contributed by atoms with Crippen molar-refractivity contribution in [2.45, 2.75) is 25.9 Å². The van der Waals surface area contributed by atoms with Gasteiger partial charge in [0.15, 0.2) is 0 Å². The molecule has 0 radical (unpaired) electrons. The normalized spacial score (nSPS) is 22.1. The Labute approximate surface area is 76.0 Å². The Morgan fingerprint density at radius 3 is 3.15 bits per heavy atom. The first-order valence-electron chi connectivity index (χ1n) is 4.45. The summed E-state index contributed by atoms with van der Waals surface area (Å²) in [5, 5.41) is 0. The van der Waals surface area contributed by atoms with E-state index in [1.54, 1.807) is 0 Å². The summed E-state index contributed by atoms with van der Waals surface area (Å²) in [6, 6.07) is 1.48. The van der Waals surface area contributed by atoms with E-state index in [4.69, 9.17) is 4.74 Å². The number of rotatable bonds is 1. The van der Waals surface area contributed by atoms with Crippen molar-refractivity contribution in [1.82, 2.24) is 9.97 Å². The maximum absolute atomic E-state index is 11.1. The van der Waals surface area contributed by atoms with E-state index in [1.807, 2.05) is 6.92 Å². The molecule has 0 aliphatic carbocycles. The highest BCUT2D eigenvalue weighted by Gasteiger charge is 2.19. The Morgan fingerprint density at radius 2 is 2.54 bits per heavy atom. The first kappa shape index (κ1) is 8.44. The van der Waals surface area contributed by atoms with Crippen molar-refractivity contribution in [3.05, 3.63) is 27.9 Å². The summed E-state index contributed by atoms with van der Waals surface area (Å²) in [7, 11) is 0. The second kappa shape index (κ2) is 3.30. The summed E-state index contributed by atoms with van der Waals surface area (Å²) in [5.41, 5.74) is 0.646. The molecule has 1 saturated heterocycles. The molecule has 4 nitrogen and oxygen atoms in total. The molecule has 70 valence electrons. The third-order valence-corrected chi connectivity index (χ3v) is 2.12. The van der Waals surface area contributed by atoms with E-state index in [0.717, 1.165) is 25.1 Å². The number of nitrogens with one attached hydrogen (secondary N) is 1. The third kappa shape index (κ3) is 1.78. The SMILES string of the molecule is Cc1cc(=O)[nH]c(C2CCCO2)n1. The second-order valence-corrected chi connectivity index (χ2v) is 3.27. The van der Waals surface area contributed by atoms with Crippen molar-refractivity contribution in [2.24, 2.45) is 0 Å². The van der Waals surface area contributed by atoms with Gasteiger partial charge in [-0.15, -0.1) is 0 Å². The molecule has 1 atom stereocenters. The van der Waals surface area contributed by atoms with Gasteiger partial charge in [0.25, 0.3) is 5.56 Å². The van der Waals surface area contributed by atoms with Crippen LogP contribution < -0.4 is 5.56 Å². The van der Waals surface area contributed by atoms with Crippen LogP contribution in [-0.2, 0) is 4.74 Å². The lowest BCUT2D eigenvalue weighted by atomic mass is 10.2. The topological polar surface area (TPSA) is 55.0 Å². The molecule has 0 aromatic carbocycles. The molecule has 4 heteroatoms. The van der Waals surface area contributed by atoms with Crippen molar-refractivity contribution in [1.29, 1.82) is 0 Å². The minimum atomic E-state index is -0.0991. The Hall–Kier alpha value is -1.16. The summed E-state index contributed by atoms with van der Waals surface area (Å²) in [6.45, 7) is 2.58. The highest BCUT2D eigenvalue weighted by Crippen LogP contribution is 2.24. The molecule has 1 N–H and O–H groups in total. The van der Waals surface area contributed by atoms with Gasteiger partial charge in [-0.1, -0.05) is 0 Å². The van der Waals surface area contributed by atoms with Gasteiger partial charge in [-0.05, 0) is 19.8 Å². The van der Waals surface area contributed by atoms with E-state index in [1.165, 1.54) is 6.07 Å². The van der Waals surface area contributed by atoms with E-state index in [9.17, 15) is 4.79 Å². The molecule has 0 saturated carbocycles. The fourth-order valence-corrected chi connectivity index (χ4v) is 1.55. The van der Waals surface area contributed by atoms with Crippen LogP contribution in [0.1, 0.15) is 30.5 Å². The molecule has 0 bridgehead atoms. The van der Waals surface area contributed by atoms with Crippen LogP contribution in [0, 0.1) is 6.92 Å². The monoisotopic (exact) mass is 180 g/mol. The minimum absolute atomic E-state index is 0.00685. The predicted molar refractivity (Wildman–Crippen MR) is 47.5 cm³/mol. The number of ether oxygens (including phenoxy) is 1. The van der Waals surface area contributed by atoms with Crippen LogP contribution in [0.4, 0.5) is 0 Å². The van der Waals surface area contributed by atoms with E-state index in [-0.39, 0.29) is 11.7 Å². The summed E-state index contributed by atoms with van der Waals surface area (Å²) in [5.74, 6) is 0.669. The standard InChI is InChI=1S/C9H12N2O2/c1-6-5-8(12)11-9(10-6)7-3-2-4-13-7/h5,7H,2-4H2,1H3,(H,10,11,12). The quantitative estimate of drug-likeness (QED) is 0.699. The van der Waals surface area contributed by atoms with E-state index in [2.05, 4.69) is 9.97 Å². The predicted octanol–water partition coefficient (Wildman–Crippen LogP) is 0.930. The Morgan fingerprint density at radius 1 is 1.69 bits per heavy atom. The van der Waals surface area contributed by atoms with Crippen molar-refractivity contribution in [3.63, 3.8) is 0 Å². The lowest BCUT2D eigenvalue weighted by Gasteiger charge is -2.07. The van der Waals surface area contributed by atoms with Gasteiger partial charge in [0.2, 0.25) is 0 Å². The van der Waals surface area contributed by atoms with Crippen LogP contribution in [0.15, 0.2) is 10.9 Å². The maximum Gasteiger partial charge on any atom is 0.251 e. The number of aromatic amines is 1. The van der Waals surface area contributed by atoms with E-state index in [0.29, 0.717) is 5.82 Å². The largest absolute Gasteiger partial charge is 0.370 e. The molecule has 1 aromatic heterocycles. The molecule has 1 aromatic rings. The van der Waals surface area contributed by atoms with Crippen LogP contribution >= 0.6 is 0 Å². The Kier molecular flexibility index (Phi) is 2.14. The third-order valence-electron chi connectivity index (χ3n) is 2.12. The second-order valence-electron chi connectivity index (χ2n) is 3.27. The van der Waals surface area contributed by atoms with Gasteiger partial charge in [0.1, 0.15) is 11.9 Å². The number of aryl methyl sites for hydroxylation is 1. The van der Waals surface area contributed by atoms with Gasteiger partial charge in [-0.25, -0.2) is 4.98 Å². The van der Waals surface area contributed by atoms with E-state index < -0.39 is 0 Å². The lowest BCUT2D eigenvalue weighted by molar-refractivity contribution is 0.104. The summed E-state index contributed by atoms with van der Waals surface area (Å²) in [4.78, 5) is 18.1. The summed E-state index contributed by atoms with van der Waals surface area (Å²) < 4.78 is 5.42.